The molecule has 0 amide bonds. The van der Waals surface area contributed by atoms with E-state index in [2.05, 4.69) is 4.98 Å². The van der Waals surface area contributed by atoms with E-state index in [1.807, 2.05) is 0 Å². The molecule has 2 rings (SSSR count). The minimum atomic E-state index is -3.63. The maximum Gasteiger partial charge on any atom is 0.238 e. The molecule has 14 heavy (non-hydrogen) atoms. The van der Waals surface area contributed by atoms with E-state index >= 15 is 0 Å². The first kappa shape index (κ1) is 9.17. The van der Waals surface area contributed by atoms with Crippen LogP contribution in [0.15, 0.2) is 29.4 Å². The number of imidazole rings is 1. The van der Waals surface area contributed by atoms with Crippen LogP contribution >= 0.6 is 0 Å². The Balaban J connectivity index is 2.79. The molecule has 6 heteroatoms. The zero-order chi connectivity index (χ0) is 10.3. The summed E-state index contributed by atoms with van der Waals surface area (Å²) in [7, 11) is -1.84. The van der Waals surface area contributed by atoms with Gasteiger partial charge in [-0.15, -0.1) is 0 Å². The Hall–Kier alpha value is -1.40. The third-order valence-electron chi connectivity index (χ3n) is 2.03. The first-order valence-electron chi connectivity index (χ1n) is 3.92. The van der Waals surface area contributed by atoms with E-state index in [1.165, 1.54) is 12.1 Å². The molecule has 1 aromatic carbocycles. The lowest BCUT2D eigenvalue weighted by molar-refractivity contribution is 0.598. The lowest BCUT2D eigenvalue weighted by Crippen LogP contribution is -2.11. The summed E-state index contributed by atoms with van der Waals surface area (Å²) in [5, 5.41) is 5.01. The molecular weight excluding hydrogens is 202 g/mol. The number of hydrogen-bond donors (Lipinski definition) is 1. The third-order valence-corrected chi connectivity index (χ3v) is 2.94. The predicted molar refractivity (Wildman–Crippen MR) is 52.1 cm³/mol. The van der Waals surface area contributed by atoms with Crippen molar-refractivity contribution in [1.29, 1.82) is 0 Å². The van der Waals surface area contributed by atoms with E-state index in [1.54, 1.807) is 24.0 Å². The molecule has 0 saturated carbocycles. The van der Waals surface area contributed by atoms with E-state index in [0.717, 1.165) is 11.0 Å². The Bertz CT molecular complexity index is 586. The van der Waals surface area contributed by atoms with Gasteiger partial charge in [0.1, 0.15) is 0 Å². The molecule has 0 spiro atoms. The van der Waals surface area contributed by atoms with Gasteiger partial charge in [-0.05, 0) is 18.2 Å². The Morgan fingerprint density at radius 3 is 2.79 bits per heavy atom. The van der Waals surface area contributed by atoms with Gasteiger partial charge in [0.15, 0.2) is 0 Å². The van der Waals surface area contributed by atoms with Crippen molar-refractivity contribution in [3.05, 3.63) is 24.5 Å². The Labute approximate surface area is 81.2 Å². The van der Waals surface area contributed by atoms with Crippen molar-refractivity contribution in [2.45, 2.75) is 4.90 Å². The average molecular weight is 211 g/mol. The van der Waals surface area contributed by atoms with Gasteiger partial charge in [-0.1, -0.05) is 0 Å². The van der Waals surface area contributed by atoms with Crippen LogP contribution in [0.3, 0.4) is 0 Å². The molecule has 0 unspecified atom stereocenters. The molecule has 1 heterocycles. The first-order valence-corrected chi connectivity index (χ1v) is 5.47. The Morgan fingerprint density at radius 2 is 2.14 bits per heavy atom. The lowest BCUT2D eigenvalue weighted by Gasteiger charge is -1.98. The summed E-state index contributed by atoms with van der Waals surface area (Å²) >= 11 is 0. The quantitative estimate of drug-likeness (QED) is 0.733. The monoisotopic (exact) mass is 211 g/mol. The number of aromatic nitrogens is 2. The van der Waals surface area contributed by atoms with Crippen LogP contribution in [0.1, 0.15) is 0 Å². The lowest BCUT2D eigenvalue weighted by atomic mass is 10.3. The zero-order valence-electron chi connectivity index (χ0n) is 7.51. The molecule has 2 aromatic rings. The van der Waals surface area contributed by atoms with Crippen molar-refractivity contribution in [3.8, 4) is 0 Å². The van der Waals surface area contributed by atoms with Crippen molar-refractivity contribution in [3.63, 3.8) is 0 Å². The van der Waals surface area contributed by atoms with Gasteiger partial charge in [0.05, 0.1) is 22.3 Å². The summed E-state index contributed by atoms with van der Waals surface area (Å²) in [5.41, 5.74) is 1.50. The fraction of sp³-hybridized carbons (Fsp3) is 0.125. The van der Waals surface area contributed by atoms with Crippen LogP contribution in [-0.2, 0) is 17.1 Å². The Morgan fingerprint density at radius 1 is 1.43 bits per heavy atom. The van der Waals surface area contributed by atoms with Crippen LogP contribution in [0.25, 0.3) is 11.0 Å². The number of sulfonamides is 1. The third kappa shape index (κ3) is 1.38. The first-order chi connectivity index (χ1) is 6.48. The van der Waals surface area contributed by atoms with Crippen LogP contribution in [0.2, 0.25) is 0 Å². The van der Waals surface area contributed by atoms with Crippen LogP contribution in [0.4, 0.5) is 0 Å². The predicted octanol–water partition coefficient (Wildman–Crippen LogP) is 0.221. The maximum absolute atomic E-state index is 11.1. The van der Waals surface area contributed by atoms with E-state index in [9.17, 15) is 8.42 Å². The van der Waals surface area contributed by atoms with E-state index in [-0.39, 0.29) is 4.90 Å². The molecule has 0 aliphatic carbocycles. The molecule has 2 N–H and O–H groups in total. The number of benzene rings is 1. The summed E-state index contributed by atoms with van der Waals surface area (Å²) in [6.45, 7) is 0. The Kier molecular flexibility index (Phi) is 1.83. The molecule has 0 saturated heterocycles. The number of nitrogens with two attached hydrogens (primary N) is 1. The number of rotatable bonds is 1. The summed E-state index contributed by atoms with van der Waals surface area (Å²) in [6, 6.07) is 4.59. The highest BCUT2D eigenvalue weighted by Gasteiger charge is 2.09. The minimum Gasteiger partial charge on any atom is -0.334 e. The fourth-order valence-corrected chi connectivity index (χ4v) is 1.82. The zero-order valence-corrected chi connectivity index (χ0v) is 8.32. The van der Waals surface area contributed by atoms with Crippen molar-refractivity contribution < 1.29 is 8.42 Å². The van der Waals surface area contributed by atoms with Gasteiger partial charge in [-0.25, -0.2) is 18.5 Å². The summed E-state index contributed by atoms with van der Waals surface area (Å²) in [4.78, 5) is 4.17. The SMILES string of the molecule is Cn1cnc2ccc(S(N)(=O)=O)cc21. The fourth-order valence-electron chi connectivity index (χ4n) is 1.28. The molecule has 74 valence electrons. The average Bonchev–Trinajstić information content (AvgIpc) is 2.46. The molecule has 5 nitrogen and oxygen atoms in total. The topological polar surface area (TPSA) is 78.0 Å². The van der Waals surface area contributed by atoms with Crippen LogP contribution in [-0.4, -0.2) is 18.0 Å². The van der Waals surface area contributed by atoms with Crippen molar-refractivity contribution in [1.82, 2.24) is 9.55 Å². The number of aryl methyl sites for hydroxylation is 1. The van der Waals surface area contributed by atoms with Crippen LogP contribution in [0, 0.1) is 0 Å². The van der Waals surface area contributed by atoms with E-state index in [4.69, 9.17) is 5.14 Å². The molecule has 0 radical (unpaired) electrons. The number of primary sulfonamides is 1. The second-order valence-electron chi connectivity index (χ2n) is 3.05. The molecular formula is C8H9N3O2S. The number of fused-ring (bicyclic) bond motifs is 1. The highest BCUT2D eigenvalue weighted by Crippen LogP contribution is 2.16. The van der Waals surface area contributed by atoms with Crippen molar-refractivity contribution >= 4 is 21.1 Å². The summed E-state index contributed by atoms with van der Waals surface area (Å²) in [6.07, 6.45) is 1.62. The van der Waals surface area contributed by atoms with Crippen LogP contribution < -0.4 is 5.14 Å². The second-order valence-corrected chi connectivity index (χ2v) is 4.61. The van der Waals surface area contributed by atoms with Gasteiger partial charge in [-0.3, -0.25) is 0 Å². The molecule has 0 fully saturated rings. The normalized spacial score (nSPS) is 12.1. The van der Waals surface area contributed by atoms with Gasteiger partial charge in [-0.2, -0.15) is 0 Å². The standard InChI is InChI=1S/C8H9N3O2S/c1-11-5-10-7-3-2-6(4-8(7)11)14(9,12)13/h2-5H,1H3,(H2,9,12,13). The molecule has 0 atom stereocenters. The van der Waals surface area contributed by atoms with E-state index in [0.29, 0.717) is 0 Å². The molecule has 1 aromatic heterocycles. The van der Waals surface area contributed by atoms with Gasteiger partial charge < -0.3 is 4.57 Å². The maximum atomic E-state index is 11.1. The molecule has 0 aliphatic rings. The van der Waals surface area contributed by atoms with Crippen LogP contribution in [0.5, 0.6) is 0 Å². The highest BCUT2D eigenvalue weighted by atomic mass is 32.2. The van der Waals surface area contributed by atoms with Crippen molar-refractivity contribution in [2.75, 3.05) is 0 Å². The second kappa shape index (κ2) is 2.79. The van der Waals surface area contributed by atoms with Gasteiger partial charge in [0.25, 0.3) is 0 Å². The van der Waals surface area contributed by atoms with E-state index < -0.39 is 10.0 Å². The minimum absolute atomic E-state index is 0.105. The smallest absolute Gasteiger partial charge is 0.238 e. The summed E-state index contributed by atoms with van der Waals surface area (Å²) in [5.74, 6) is 0. The molecule has 0 aliphatic heterocycles. The van der Waals surface area contributed by atoms with Crippen molar-refractivity contribution in [2.24, 2.45) is 12.2 Å². The highest BCUT2D eigenvalue weighted by molar-refractivity contribution is 7.89. The van der Waals surface area contributed by atoms with Gasteiger partial charge in [0.2, 0.25) is 10.0 Å². The summed E-state index contributed by atoms with van der Waals surface area (Å²) < 4.78 is 23.9. The largest absolute Gasteiger partial charge is 0.334 e. The molecule has 0 bridgehead atoms. The van der Waals surface area contributed by atoms with Gasteiger partial charge in [0, 0.05) is 7.05 Å². The van der Waals surface area contributed by atoms with Gasteiger partial charge >= 0.3 is 0 Å². The number of nitrogens with zero attached hydrogens (tertiary/aromatic N) is 2. The number of hydrogen-bond acceptors (Lipinski definition) is 3.